The van der Waals surface area contributed by atoms with E-state index < -0.39 is 0 Å². The van der Waals surface area contributed by atoms with Crippen molar-refractivity contribution in [3.8, 4) is 11.1 Å². The van der Waals surface area contributed by atoms with E-state index in [0.717, 1.165) is 27.2 Å². The summed E-state index contributed by atoms with van der Waals surface area (Å²) in [6.45, 7) is 4.87. The van der Waals surface area contributed by atoms with Crippen LogP contribution in [-0.2, 0) is 6.54 Å². The van der Waals surface area contributed by atoms with Gasteiger partial charge in [-0.25, -0.2) is 4.98 Å². The third-order valence-electron chi connectivity index (χ3n) is 5.77. The second-order valence-electron chi connectivity index (χ2n) is 7.87. The number of aryl methyl sites for hydroxylation is 2. The minimum absolute atomic E-state index is 0.0239. The number of benzene rings is 1. The number of hydrogen-bond donors (Lipinski definition) is 1. The third-order valence-corrected chi connectivity index (χ3v) is 6.65. The Morgan fingerprint density at radius 3 is 2.74 bits per heavy atom. The van der Waals surface area contributed by atoms with Crippen LogP contribution in [0.15, 0.2) is 28.4 Å². The zero-order valence-electron chi connectivity index (χ0n) is 16.3. The second kappa shape index (κ2) is 7.56. The number of hydrogen-bond acceptors (Lipinski definition) is 4. The monoisotopic (exact) mass is 381 g/mol. The van der Waals surface area contributed by atoms with E-state index in [2.05, 4.69) is 54.4 Å². The van der Waals surface area contributed by atoms with Gasteiger partial charge in [0.05, 0.1) is 11.9 Å². The van der Waals surface area contributed by atoms with Crippen LogP contribution in [0.1, 0.15) is 49.1 Å². The number of aromatic nitrogens is 2. The van der Waals surface area contributed by atoms with Crippen molar-refractivity contribution in [3.05, 3.63) is 50.9 Å². The van der Waals surface area contributed by atoms with Crippen LogP contribution in [0.4, 0.5) is 0 Å². The summed E-state index contributed by atoms with van der Waals surface area (Å²) in [4.78, 5) is 23.9. The van der Waals surface area contributed by atoms with E-state index in [9.17, 15) is 4.79 Å². The largest absolute Gasteiger partial charge is 0.309 e. The van der Waals surface area contributed by atoms with Gasteiger partial charge < -0.3 is 4.98 Å². The normalized spacial score (nSPS) is 15.7. The highest BCUT2D eigenvalue weighted by atomic mass is 32.1. The molecule has 1 aromatic carbocycles. The molecule has 1 aliphatic carbocycles. The van der Waals surface area contributed by atoms with Crippen LogP contribution in [-0.4, -0.2) is 28.0 Å². The summed E-state index contributed by atoms with van der Waals surface area (Å²) < 4.78 is 0. The van der Waals surface area contributed by atoms with Gasteiger partial charge in [0.2, 0.25) is 0 Å². The molecule has 0 amide bonds. The van der Waals surface area contributed by atoms with E-state index in [1.807, 2.05) is 0 Å². The lowest BCUT2D eigenvalue weighted by Gasteiger charge is -2.30. The predicted octanol–water partition coefficient (Wildman–Crippen LogP) is 5.03. The number of H-pyrrole nitrogens is 1. The summed E-state index contributed by atoms with van der Waals surface area (Å²) in [5.74, 6) is 0.773. The van der Waals surface area contributed by atoms with E-state index in [1.54, 1.807) is 11.3 Å². The summed E-state index contributed by atoms with van der Waals surface area (Å²) in [6, 6.07) is 6.98. The molecule has 2 aromatic heterocycles. The molecular weight excluding hydrogens is 354 g/mol. The molecule has 2 heterocycles. The van der Waals surface area contributed by atoms with Gasteiger partial charge in [-0.05, 0) is 44.9 Å². The molecule has 0 atom stereocenters. The van der Waals surface area contributed by atoms with E-state index >= 15 is 0 Å². The Morgan fingerprint density at radius 2 is 1.96 bits per heavy atom. The van der Waals surface area contributed by atoms with Gasteiger partial charge in [0.1, 0.15) is 10.7 Å². The number of rotatable bonds is 4. The highest BCUT2D eigenvalue weighted by Crippen LogP contribution is 2.33. The lowest BCUT2D eigenvalue weighted by molar-refractivity contribution is 0.181. The van der Waals surface area contributed by atoms with Gasteiger partial charge in [-0.2, -0.15) is 0 Å². The number of aromatic amines is 1. The average Bonchev–Trinajstić information content (AvgIpc) is 3.08. The van der Waals surface area contributed by atoms with Crippen LogP contribution in [0.25, 0.3) is 21.3 Å². The minimum atomic E-state index is -0.0239. The Morgan fingerprint density at radius 1 is 1.19 bits per heavy atom. The van der Waals surface area contributed by atoms with Crippen molar-refractivity contribution in [2.75, 3.05) is 7.05 Å². The Kier molecular flexibility index (Phi) is 5.15. The molecule has 5 heteroatoms. The smallest absolute Gasteiger partial charge is 0.260 e. The molecule has 4 rings (SSSR count). The van der Waals surface area contributed by atoms with E-state index in [-0.39, 0.29) is 5.56 Å². The first-order valence-corrected chi connectivity index (χ1v) is 10.7. The fraction of sp³-hybridized carbons (Fsp3) is 0.455. The van der Waals surface area contributed by atoms with Crippen LogP contribution in [0.3, 0.4) is 0 Å². The molecule has 3 aromatic rings. The molecule has 4 nitrogen and oxygen atoms in total. The maximum Gasteiger partial charge on any atom is 0.260 e. The number of nitrogens with one attached hydrogen (secondary N) is 1. The SMILES string of the molecule is Cc1ccc(C)c(-c2csc3nc(CN(C)C4CCCCC4)[nH]c(=O)c23)c1. The van der Waals surface area contributed by atoms with Crippen molar-refractivity contribution in [2.24, 2.45) is 0 Å². The first-order chi connectivity index (χ1) is 13.0. The van der Waals surface area contributed by atoms with Gasteiger partial charge >= 0.3 is 0 Å². The van der Waals surface area contributed by atoms with Crippen molar-refractivity contribution in [3.63, 3.8) is 0 Å². The zero-order chi connectivity index (χ0) is 19.0. The standard InChI is InChI=1S/C22H27N3OS/c1-14-9-10-15(2)17(11-14)18-13-27-22-20(18)21(26)23-19(24-22)12-25(3)16-7-5-4-6-8-16/h9-11,13,16H,4-8,12H2,1-3H3,(H,23,24,26). The lowest BCUT2D eigenvalue weighted by Crippen LogP contribution is -2.34. The maximum absolute atomic E-state index is 12.9. The Bertz CT molecular complexity index is 1010. The molecule has 0 saturated heterocycles. The molecule has 1 N–H and O–H groups in total. The number of nitrogens with zero attached hydrogens (tertiary/aromatic N) is 2. The summed E-state index contributed by atoms with van der Waals surface area (Å²) in [5.41, 5.74) is 4.48. The van der Waals surface area contributed by atoms with Crippen molar-refractivity contribution < 1.29 is 0 Å². The number of fused-ring (bicyclic) bond motifs is 1. The molecule has 1 aliphatic rings. The summed E-state index contributed by atoms with van der Waals surface area (Å²) in [6.07, 6.45) is 6.46. The van der Waals surface area contributed by atoms with Gasteiger partial charge in [0.15, 0.2) is 0 Å². The molecule has 142 valence electrons. The van der Waals surface area contributed by atoms with Gasteiger partial charge in [-0.3, -0.25) is 9.69 Å². The fourth-order valence-electron chi connectivity index (χ4n) is 4.18. The summed E-state index contributed by atoms with van der Waals surface area (Å²) in [7, 11) is 2.15. The molecule has 27 heavy (non-hydrogen) atoms. The Hall–Kier alpha value is -1.98. The predicted molar refractivity (Wildman–Crippen MR) is 113 cm³/mol. The first kappa shape index (κ1) is 18.4. The molecule has 0 spiro atoms. The van der Waals surface area contributed by atoms with Crippen LogP contribution >= 0.6 is 11.3 Å². The molecule has 1 fully saturated rings. The van der Waals surface area contributed by atoms with Crippen molar-refractivity contribution >= 4 is 21.6 Å². The molecule has 1 saturated carbocycles. The van der Waals surface area contributed by atoms with Crippen LogP contribution in [0, 0.1) is 13.8 Å². The van der Waals surface area contributed by atoms with Crippen LogP contribution in [0.2, 0.25) is 0 Å². The Balaban J connectivity index is 1.67. The maximum atomic E-state index is 12.9. The van der Waals surface area contributed by atoms with Gasteiger partial charge in [-0.15, -0.1) is 11.3 Å². The summed E-state index contributed by atoms with van der Waals surface area (Å²) in [5, 5.41) is 2.79. The topological polar surface area (TPSA) is 49.0 Å². The van der Waals surface area contributed by atoms with Crippen molar-refractivity contribution in [1.82, 2.24) is 14.9 Å². The molecule has 0 bridgehead atoms. The van der Waals surface area contributed by atoms with Gasteiger partial charge in [0.25, 0.3) is 5.56 Å². The first-order valence-electron chi connectivity index (χ1n) is 9.81. The zero-order valence-corrected chi connectivity index (χ0v) is 17.2. The molecule has 0 aliphatic heterocycles. The van der Waals surface area contributed by atoms with Crippen molar-refractivity contribution in [1.29, 1.82) is 0 Å². The molecule has 0 unspecified atom stereocenters. The minimum Gasteiger partial charge on any atom is -0.309 e. The summed E-state index contributed by atoms with van der Waals surface area (Å²) >= 11 is 1.56. The van der Waals surface area contributed by atoms with Gasteiger partial charge in [-0.1, -0.05) is 43.0 Å². The van der Waals surface area contributed by atoms with Crippen LogP contribution in [0.5, 0.6) is 0 Å². The van der Waals surface area contributed by atoms with Gasteiger partial charge in [0, 0.05) is 17.0 Å². The lowest BCUT2D eigenvalue weighted by atomic mass is 9.94. The highest BCUT2D eigenvalue weighted by Gasteiger charge is 2.20. The van der Waals surface area contributed by atoms with E-state index in [0.29, 0.717) is 12.6 Å². The number of thiophene rings is 1. The van der Waals surface area contributed by atoms with Crippen molar-refractivity contribution in [2.45, 2.75) is 58.5 Å². The Labute approximate surface area is 164 Å². The second-order valence-corrected chi connectivity index (χ2v) is 8.73. The molecular formula is C22H27N3OS. The van der Waals surface area contributed by atoms with Crippen LogP contribution < -0.4 is 5.56 Å². The fourth-order valence-corrected chi connectivity index (χ4v) is 5.14. The molecule has 0 radical (unpaired) electrons. The third kappa shape index (κ3) is 3.71. The van der Waals surface area contributed by atoms with E-state index in [1.165, 1.54) is 43.2 Å². The van der Waals surface area contributed by atoms with E-state index in [4.69, 9.17) is 4.98 Å². The quantitative estimate of drug-likeness (QED) is 0.689. The average molecular weight is 382 g/mol. The highest BCUT2D eigenvalue weighted by molar-refractivity contribution is 7.17.